The molecule has 1 aromatic rings. The average molecular weight is 260 g/mol. The second-order valence-corrected chi connectivity index (χ2v) is 4.14. The maximum Gasteiger partial charge on any atom is 0.416 e. The van der Waals surface area contributed by atoms with E-state index in [9.17, 15) is 13.2 Å². The molecule has 0 amide bonds. The Hall–Kier alpha value is -1.23. The van der Waals surface area contributed by atoms with Gasteiger partial charge in [-0.05, 0) is 37.7 Å². The summed E-state index contributed by atoms with van der Waals surface area (Å²) in [6.07, 6.45) is -3.30. The average Bonchev–Trinajstić information content (AvgIpc) is 2.33. The Kier molecular flexibility index (Phi) is 5.47. The van der Waals surface area contributed by atoms with Gasteiger partial charge < -0.3 is 10.2 Å². The number of anilines is 1. The molecule has 0 saturated carbocycles. The summed E-state index contributed by atoms with van der Waals surface area (Å²) in [5.41, 5.74) is 0.233. The highest BCUT2D eigenvalue weighted by atomic mass is 19.4. The van der Waals surface area contributed by atoms with Crippen LogP contribution in [0, 0.1) is 0 Å². The summed E-state index contributed by atoms with van der Waals surface area (Å²) in [5, 5.41) is 3.04. The van der Waals surface area contributed by atoms with Crippen molar-refractivity contribution in [3.05, 3.63) is 29.8 Å². The van der Waals surface area contributed by atoms with Crippen molar-refractivity contribution in [2.75, 3.05) is 31.6 Å². The first-order chi connectivity index (χ1) is 8.49. The van der Waals surface area contributed by atoms with Crippen LogP contribution < -0.4 is 10.2 Å². The van der Waals surface area contributed by atoms with E-state index >= 15 is 0 Å². The number of halogens is 3. The fourth-order valence-corrected chi connectivity index (χ4v) is 1.75. The third kappa shape index (κ3) is 4.22. The van der Waals surface area contributed by atoms with Crippen LogP contribution in [0.3, 0.4) is 0 Å². The highest BCUT2D eigenvalue weighted by Crippen LogP contribution is 2.30. The van der Waals surface area contributed by atoms with E-state index in [-0.39, 0.29) is 0 Å². The molecule has 0 unspecified atom stereocenters. The van der Waals surface area contributed by atoms with Gasteiger partial charge in [-0.2, -0.15) is 13.2 Å². The maximum absolute atomic E-state index is 12.4. The van der Waals surface area contributed by atoms with Crippen LogP contribution in [0.1, 0.15) is 18.9 Å². The molecule has 0 radical (unpaired) electrons. The lowest BCUT2D eigenvalue weighted by Gasteiger charge is -2.24. The van der Waals surface area contributed by atoms with Crippen LogP contribution in [0.4, 0.5) is 18.9 Å². The molecule has 102 valence electrons. The Morgan fingerprint density at radius 2 is 1.72 bits per heavy atom. The molecule has 0 atom stereocenters. The van der Waals surface area contributed by atoms with E-state index in [0.29, 0.717) is 0 Å². The molecule has 0 aromatic heterocycles. The van der Waals surface area contributed by atoms with Crippen LogP contribution in [-0.2, 0) is 6.18 Å². The lowest BCUT2D eigenvalue weighted by Crippen LogP contribution is -2.31. The van der Waals surface area contributed by atoms with Crippen LogP contribution in [0.15, 0.2) is 24.3 Å². The molecule has 0 aliphatic carbocycles. The minimum Gasteiger partial charge on any atom is -0.370 e. The van der Waals surface area contributed by atoms with Gasteiger partial charge in [-0.25, -0.2) is 0 Å². The van der Waals surface area contributed by atoms with Crippen LogP contribution in [0.25, 0.3) is 0 Å². The Morgan fingerprint density at radius 1 is 1.11 bits per heavy atom. The fraction of sp³-hybridized carbons (Fsp3) is 0.538. The van der Waals surface area contributed by atoms with Crippen molar-refractivity contribution in [3.8, 4) is 0 Å². The van der Waals surface area contributed by atoms with E-state index in [1.165, 1.54) is 12.1 Å². The molecular formula is C13H19F3N2. The van der Waals surface area contributed by atoms with Crippen molar-refractivity contribution in [3.63, 3.8) is 0 Å². The van der Waals surface area contributed by atoms with Crippen LogP contribution in [0.2, 0.25) is 0 Å². The molecule has 5 heteroatoms. The van der Waals surface area contributed by atoms with Gasteiger partial charge in [-0.3, -0.25) is 0 Å². The number of benzene rings is 1. The summed E-state index contributed by atoms with van der Waals surface area (Å²) in [7, 11) is 1.86. The van der Waals surface area contributed by atoms with Crippen molar-refractivity contribution < 1.29 is 13.2 Å². The van der Waals surface area contributed by atoms with Crippen molar-refractivity contribution in [2.24, 2.45) is 0 Å². The smallest absolute Gasteiger partial charge is 0.370 e. The van der Waals surface area contributed by atoms with E-state index in [2.05, 4.69) is 17.1 Å². The molecule has 0 heterocycles. The van der Waals surface area contributed by atoms with Crippen LogP contribution in [0.5, 0.6) is 0 Å². The first-order valence-electron chi connectivity index (χ1n) is 6.06. The van der Waals surface area contributed by atoms with E-state index in [1.54, 1.807) is 0 Å². The molecule has 1 aromatic carbocycles. The Bertz CT molecular complexity index is 346. The molecule has 0 saturated heterocycles. The SMILES string of the molecule is CCCN(CCNC)c1ccc(C(F)(F)F)cc1. The molecule has 0 aliphatic heterocycles. The van der Waals surface area contributed by atoms with Gasteiger partial charge in [-0.1, -0.05) is 6.92 Å². The van der Waals surface area contributed by atoms with Gasteiger partial charge in [0.2, 0.25) is 0 Å². The van der Waals surface area contributed by atoms with Gasteiger partial charge in [0.05, 0.1) is 5.56 Å². The minimum atomic E-state index is -4.26. The van der Waals surface area contributed by atoms with Crippen molar-refractivity contribution in [1.82, 2.24) is 5.32 Å². The molecule has 0 bridgehead atoms. The lowest BCUT2D eigenvalue weighted by atomic mass is 10.2. The second-order valence-electron chi connectivity index (χ2n) is 4.14. The quantitative estimate of drug-likeness (QED) is 0.845. The molecular weight excluding hydrogens is 241 g/mol. The fourth-order valence-electron chi connectivity index (χ4n) is 1.75. The Balaban J connectivity index is 2.79. The lowest BCUT2D eigenvalue weighted by molar-refractivity contribution is -0.137. The van der Waals surface area contributed by atoms with Crippen LogP contribution in [-0.4, -0.2) is 26.7 Å². The largest absolute Gasteiger partial charge is 0.416 e. The number of likely N-dealkylation sites (N-methyl/N-ethyl adjacent to an activating group) is 1. The first-order valence-corrected chi connectivity index (χ1v) is 6.06. The minimum absolute atomic E-state index is 0.601. The molecule has 1 rings (SSSR count). The van der Waals surface area contributed by atoms with Crippen LogP contribution >= 0.6 is 0 Å². The molecule has 1 N–H and O–H groups in total. The normalized spacial score (nSPS) is 11.6. The van der Waals surface area contributed by atoms with Gasteiger partial charge >= 0.3 is 6.18 Å². The Morgan fingerprint density at radius 3 is 2.17 bits per heavy atom. The van der Waals surface area contributed by atoms with Gasteiger partial charge in [0.15, 0.2) is 0 Å². The molecule has 0 fully saturated rings. The zero-order valence-corrected chi connectivity index (χ0v) is 10.7. The number of hydrogen-bond donors (Lipinski definition) is 1. The molecule has 0 spiro atoms. The number of alkyl halides is 3. The number of nitrogens with one attached hydrogen (secondary N) is 1. The number of hydrogen-bond acceptors (Lipinski definition) is 2. The first kappa shape index (κ1) is 14.8. The summed E-state index contributed by atoms with van der Waals surface area (Å²) >= 11 is 0. The van der Waals surface area contributed by atoms with E-state index in [0.717, 1.165) is 43.9 Å². The van der Waals surface area contributed by atoms with Gasteiger partial charge in [-0.15, -0.1) is 0 Å². The van der Waals surface area contributed by atoms with E-state index < -0.39 is 11.7 Å². The monoisotopic (exact) mass is 260 g/mol. The second kappa shape index (κ2) is 6.64. The predicted octanol–water partition coefficient (Wildman–Crippen LogP) is 3.14. The predicted molar refractivity (Wildman–Crippen MR) is 67.9 cm³/mol. The topological polar surface area (TPSA) is 15.3 Å². The molecule has 2 nitrogen and oxygen atoms in total. The van der Waals surface area contributed by atoms with Crippen molar-refractivity contribution in [1.29, 1.82) is 0 Å². The van der Waals surface area contributed by atoms with Crippen molar-refractivity contribution >= 4 is 5.69 Å². The summed E-state index contributed by atoms with van der Waals surface area (Å²) in [6.45, 7) is 4.49. The summed E-state index contributed by atoms with van der Waals surface area (Å²) in [5.74, 6) is 0. The maximum atomic E-state index is 12.4. The highest BCUT2D eigenvalue weighted by molar-refractivity contribution is 5.48. The zero-order valence-electron chi connectivity index (χ0n) is 10.7. The third-order valence-corrected chi connectivity index (χ3v) is 2.69. The summed E-state index contributed by atoms with van der Waals surface area (Å²) in [4.78, 5) is 2.08. The standard InChI is InChI=1S/C13H19F3N2/c1-3-9-18(10-8-17-2)12-6-4-11(5-7-12)13(14,15)16/h4-7,17H,3,8-10H2,1-2H3. The van der Waals surface area contributed by atoms with Gasteiger partial charge in [0, 0.05) is 25.3 Å². The number of nitrogens with zero attached hydrogens (tertiary/aromatic N) is 1. The van der Waals surface area contributed by atoms with Gasteiger partial charge in [0.1, 0.15) is 0 Å². The van der Waals surface area contributed by atoms with E-state index in [1.807, 2.05) is 7.05 Å². The van der Waals surface area contributed by atoms with Crippen molar-refractivity contribution in [2.45, 2.75) is 19.5 Å². The third-order valence-electron chi connectivity index (χ3n) is 2.69. The molecule has 0 aliphatic rings. The molecule has 18 heavy (non-hydrogen) atoms. The zero-order chi connectivity index (χ0) is 13.6. The Labute approximate surface area is 106 Å². The number of rotatable bonds is 6. The summed E-state index contributed by atoms with van der Waals surface area (Å²) in [6, 6.07) is 5.34. The van der Waals surface area contributed by atoms with E-state index in [4.69, 9.17) is 0 Å². The van der Waals surface area contributed by atoms with Gasteiger partial charge in [0.25, 0.3) is 0 Å². The summed E-state index contributed by atoms with van der Waals surface area (Å²) < 4.78 is 37.3. The highest BCUT2D eigenvalue weighted by Gasteiger charge is 2.30.